The Bertz CT molecular complexity index is 996. The summed E-state index contributed by atoms with van der Waals surface area (Å²) in [5.41, 5.74) is 1.57. The van der Waals surface area contributed by atoms with Gasteiger partial charge in [0.15, 0.2) is 5.76 Å². The fraction of sp³-hybridized carbons (Fsp3) is 0.571. The second-order valence-electron chi connectivity index (χ2n) is 8.31. The Morgan fingerprint density at radius 1 is 1.13 bits per heavy atom. The van der Waals surface area contributed by atoms with E-state index in [-0.39, 0.29) is 29.0 Å². The molecule has 2 saturated heterocycles. The lowest BCUT2D eigenvalue weighted by atomic mass is 9.97. The van der Waals surface area contributed by atoms with Crippen molar-refractivity contribution in [3.05, 3.63) is 41.5 Å². The lowest BCUT2D eigenvalue weighted by molar-refractivity contribution is -0.138. The molecule has 0 aromatic carbocycles. The van der Waals surface area contributed by atoms with Gasteiger partial charge in [0, 0.05) is 58.2 Å². The van der Waals surface area contributed by atoms with Crippen LogP contribution in [-0.4, -0.2) is 77.8 Å². The third kappa shape index (κ3) is 4.65. The Labute approximate surface area is 183 Å². The van der Waals surface area contributed by atoms with Crippen molar-refractivity contribution in [2.24, 2.45) is 5.92 Å². The topological polar surface area (TPSA) is 99.8 Å². The molecular formula is C21H29N5O4S. The molecule has 2 aliphatic rings. The molecule has 168 valence electrons. The minimum atomic E-state index is -3.73. The van der Waals surface area contributed by atoms with Crippen molar-refractivity contribution in [2.75, 3.05) is 39.3 Å². The van der Waals surface area contributed by atoms with Gasteiger partial charge in [-0.05, 0) is 44.4 Å². The SMILES string of the molecule is Cc1noc(C)c1S(=O)(=O)N1CCCC(C(=O)N2CCN(Cc3ccncc3)CC2)C1. The fourth-order valence-corrected chi connectivity index (χ4v) is 6.28. The van der Waals surface area contributed by atoms with Crippen LogP contribution in [0.3, 0.4) is 0 Å². The Morgan fingerprint density at radius 2 is 1.84 bits per heavy atom. The minimum Gasteiger partial charge on any atom is -0.360 e. The van der Waals surface area contributed by atoms with Crippen molar-refractivity contribution in [1.82, 2.24) is 24.2 Å². The molecule has 1 unspecified atom stereocenters. The van der Waals surface area contributed by atoms with Gasteiger partial charge in [-0.3, -0.25) is 14.7 Å². The molecule has 0 bridgehead atoms. The van der Waals surface area contributed by atoms with Crippen LogP contribution in [0.4, 0.5) is 0 Å². The number of carbonyl (C=O) groups is 1. The highest BCUT2D eigenvalue weighted by Gasteiger charge is 2.38. The smallest absolute Gasteiger partial charge is 0.248 e. The summed E-state index contributed by atoms with van der Waals surface area (Å²) in [4.78, 5) is 21.6. The number of aryl methyl sites for hydroxylation is 2. The second-order valence-corrected chi connectivity index (χ2v) is 10.2. The van der Waals surface area contributed by atoms with Gasteiger partial charge in [-0.25, -0.2) is 8.42 Å². The molecule has 10 heteroatoms. The van der Waals surface area contributed by atoms with Crippen LogP contribution in [0.25, 0.3) is 0 Å². The molecule has 2 aliphatic heterocycles. The highest BCUT2D eigenvalue weighted by Crippen LogP contribution is 2.28. The first-order valence-corrected chi connectivity index (χ1v) is 12.1. The molecule has 4 rings (SSSR count). The average molecular weight is 448 g/mol. The van der Waals surface area contributed by atoms with E-state index in [1.807, 2.05) is 17.0 Å². The molecule has 4 heterocycles. The van der Waals surface area contributed by atoms with Gasteiger partial charge in [0.2, 0.25) is 15.9 Å². The number of hydrogen-bond donors (Lipinski definition) is 0. The Hall–Kier alpha value is -2.30. The fourth-order valence-electron chi connectivity index (χ4n) is 4.47. The van der Waals surface area contributed by atoms with Crippen molar-refractivity contribution < 1.29 is 17.7 Å². The number of piperidine rings is 1. The van der Waals surface area contributed by atoms with Crippen LogP contribution in [-0.2, 0) is 21.4 Å². The standard InChI is InChI=1S/C21H29N5O4S/c1-16-20(17(2)30-23-16)31(28,29)26-9-3-4-19(15-26)21(27)25-12-10-24(11-13-25)14-18-5-7-22-8-6-18/h5-8,19H,3-4,9-15H2,1-2H3. The van der Waals surface area contributed by atoms with Crippen LogP contribution in [0.5, 0.6) is 0 Å². The number of nitrogens with zero attached hydrogens (tertiary/aromatic N) is 5. The number of sulfonamides is 1. The van der Waals surface area contributed by atoms with Crippen molar-refractivity contribution in [2.45, 2.75) is 38.1 Å². The van der Waals surface area contributed by atoms with Gasteiger partial charge in [0.05, 0.1) is 5.92 Å². The van der Waals surface area contributed by atoms with Crippen LogP contribution in [0.1, 0.15) is 29.9 Å². The van der Waals surface area contributed by atoms with Gasteiger partial charge in [-0.1, -0.05) is 5.16 Å². The lowest BCUT2D eigenvalue weighted by Crippen LogP contribution is -2.52. The third-order valence-corrected chi connectivity index (χ3v) is 8.25. The number of hydrogen-bond acceptors (Lipinski definition) is 7. The zero-order chi connectivity index (χ0) is 22.0. The Kier molecular flexibility index (Phi) is 6.40. The normalized spacial score (nSPS) is 21.4. The summed E-state index contributed by atoms with van der Waals surface area (Å²) in [6.07, 6.45) is 4.96. The predicted molar refractivity (Wildman–Crippen MR) is 114 cm³/mol. The molecule has 31 heavy (non-hydrogen) atoms. The molecule has 9 nitrogen and oxygen atoms in total. The van der Waals surface area contributed by atoms with Gasteiger partial charge < -0.3 is 9.42 Å². The van der Waals surface area contributed by atoms with Crippen molar-refractivity contribution in [1.29, 1.82) is 0 Å². The Morgan fingerprint density at radius 3 is 2.48 bits per heavy atom. The average Bonchev–Trinajstić information content (AvgIpc) is 3.13. The van der Waals surface area contributed by atoms with Gasteiger partial charge in [0.25, 0.3) is 0 Å². The van der Waals surface area contributed by atoms with Crippen LogP contribution in [0.2, 0.25) is 0 Å². The molecule has 0 radical (unpaired) electrons. The molecular weight excluding hydrogens is 418 g/mol. The van der Waals surface area contributed by atoms with E-state index in [1.54, 1.807) is 26.2 Å². The van der Waals surface area contributed by atoms with Crippen LogP contribution < -0.4 is 0 Å². The summed E-state index contributed by atoms with van der Waals surface area (Å²) < 4.78 is 32.8. The third-order valence-electron chi connectivity index (χ3n) is 6.14. The molecule has 1 atom stereocenters. The zero-order valence-corrected chi connectivity index (χ0v) is 18.8. The van der Waals surface area contributed by atoms with E-state index in [4.69, 9.17) is 4.52 Å². The van der Waals surface area contributed by atoms with Gasteiger partial charge in [-0.2, -0.15) is 4.31 Å². The van der Waals surface area contributed by atoms with E-state index in [0.717, 1.165) is 19.6 Å². The second kappa shape index (κ2) is 9.05. The Balaban J connectivity index is 1.36. The first-order chi connectivity index (χ1) is 14.9. The van der Waals surface area contributed by atoms with Crippen molar-refractivity contribution >= 4 is 15.9 Å². The largest absolute Gasteiger partial charge is 0.360 e. The number of pyridine rings is 1. The van der Waals surface area contributed by atoms with Gasteiger partial charge >= 0.3 is 0 Å². The van der Waals surface area contributed by atoms with Crippen molar-refractivity contribution in [3.8, 4) is 0 Å². The van der Waals surface area contributed by atoms with E-state index in [9.17, 15) is 13.2 Å². The minimum absolute atomic E-state index is 0.0576. The summed E-state index contributed by atoms with van der Waals surface area (Å²) in [5.74, 6) is 0.0363. The van der Waals surface area contributed by atoms with E-state index in [1.165, 1.54) is 9.87 Å². The summed E-state index contributed by atoms with van der Waals surface area (Å²) in [7, 11) is -3.73. The summed E-state index contributed by atoms with van der Waals surface area (Å²) in [6, 6.07) is 4.01. The van der Waals surface area contributed by atoms with Crippen molar-refractivity contribution in [3.63, 3.8) is 0 Å². The molecule has 2 aromatic rings. The molecule has 0 saturated carbocycles. The molecule has 0 aliphatic carbocycles. The molecule has 0 N–H and O–H groups in total. The first kappa shape index (κ1) is 21.9. The van der Waals surface area contributed by atoms with Gasteiger partial charge in [0.1, 0.15) is 10.6 Å². The number of aromatic nitrogens is 2. The summed E-state index contributed by atoms with van der Waals surface area (Å²) in [5, 5.41) is 3.78. The quantitative estimate of drug-likeness (QED) is 0.684. The van der Waals surface area contributed by atoms with Crippen LogP contribution in [0.15, 0.2) is 33.9 Å². The predicted octanol–water partition coefficient (Wildman–Crippen LogP) is 1.43. The molecule has 1 amide bonds. The van der Waals surface area contributed by atoms with Crippen LogP contribution in [0, 0.1) is 19.8 Å². The number of rotatable bonds is 5. The highest BCUT2D eigenvalue weighted by molar-refractivity contribution is 7.89. The maximum Gasteiger partial charge on any atom is 0.248 e. The number of amides is 1. The first-order valence-electron chi connectivity index (χ1n) is 10.7. The van der Waals surface area contributed by atoms with E-state index in [0.29, 0.717) is 38.2 Å². The molecule has 2 aromatic heterocycles. The monoisotopic (exact) mass is 447 g/mol. The zero-order valence-electron chi connectivity index (χ0n) is 18.0. The van der Waals surface area contributed by atoms with E-state index < -0.39 is 10.0 Å². The summed E-state index contributed by atoms with van der Waals surface area (Å²) in [6.45, 7) is 7.64. The lowest BCUT2D eigenvalue weighted by Gasteiger charge is -2.38. The number of piperazine rings is 1. The molecule has 0 spiro atoms. The molecule has 2 fully saturated rings. The highest BCUT2D eigenvalue weighted by atomic mass is 32.2. The van der Waals surface area contributed by atoms with E-state index >= 15 is 0 Å². The maximum atomic E-state index is 13.2. The number of carbonyl (C=O) groups excluding carboxylic acids is 1. The summed E-state index contributed by atoms with van der Waals surface area (Å²) >= 11 is 0. The van der Waals surface area contributed by atoms with Crippen LogP contribution >= 0.6 is 0 Å². The van der Waals surface area contributed by atoms with E-state index in [2.05, 4.69) is 15.0 Å². The maximum absolute atomic E-state index is 13.2. The van der Waals surface area contributed by atoms with Gasteiger partial charge in [-0.15, -0.1) is 0 Å².